The molecule has 0 spiro atoms. The van der Waals surface area contributed by atoms with Crippen LogP contribution in [0.5, 0.6) is 11.6 Å². The van der Waals surface area contributed by atoms with Gasteiger partial charge in [0.1, 0.15) is 12.3 Å². The second kappa shape index (κ2) is 8.47. The van der Waals surface area contributed by atoms with Crippen LogP contribution < -0.4 is 15.7 Å². The van der Waals surface area contributed by atoms with E-state index in [1.807, 2.05) is 63.2 Å². The smallest absolute Gasteiger partial charge is 0.351 e. The quantitative estimate of drug-likeness (QED) is 0.426. The first-order valence-electron chi connectivity index (χ1n) is 10.9. The number of carbonyl (C=O) groups excluding carboxylic acids is 1. The Hall–Kier alpha value is -4.46. The Morgan fingerprint density at radius 2 is 1.65 bits per heavy atom. The van der Waals surface area contributed by atoms with Gasteiger partial charge in [-0.1, -0.05) is 48.0 Å². The Morgan fingerprint density at radius 3 is 2.38 bits per heavy atom. The van der Waals surface area contributed by atoms with Crippen LogP contribution in [0.1, 0.15) is 16.7 Å². The molecular formula is C26H23N5O3. The highest BCUT2D eigenvalue weighted by molar-refractivity contribution is 5.92. The highest BCUT2D eigenvalue weighted by Crippen LogP contribution is 2.26. The number of aryl methyl sites for hydroxylation is 3. The number of ether oxygens (including phenoxy) is 1. The molecule has 8 nitrogen and oxygen atoms in total. The molecule has 0 radical (unpaired) electrons. The van der Waals surface area contributed by atoms with E-state index in [1.54, 1.807) is 24.3 Å². The molecule has 170 valence electrons. The average molecular weight is 454 g/mol. The summed E-state index contributed by atoms with van der Waals surface area (Å²) in [5, 5.41) is 7.34. The van der Waals surface area contributed by atoms with Crippen LogP contribution in [0.4, 0.5) is 5.69 Å². The molecule has 3 aromatic carbocycles. The Balaban J connectivity index is 1.56. The Bertz CT molecular complexity index is 1580. The fourth-order valence-corrected chi connectivity index (χ4v) is 4.13. The minimum Gasteiger partial charge on any atom is -0.436 e. The third-order valence-electron chi connectivity index (χ3n) is 5.57. The topological polar surface area (TPSA) is 90.5 Å². The SMILES string of the molecule is Cc1cc(C)c(NC(=O)Cn2nc3c(Oc4ccccc4)nc4ccccc4n3c2=O)c(C)c1. The molecule has 34 heavy (non-hydrogen) atoms. The van der Waals surface area contributed by atoms with Crippen molar-refractivity contribution in [2.45, 2.75) is 27.3 Å². The van der Waals surface area contributed by atoms with Gasteiger partial charge in [-0.15, -0.1) is 5.10 Å². The largest absolute Gasteiger partial charge is 0.436 e. The lowest BCUT2D eigenvalue weighted by molar-refractivity contribution is -0.117. The Labute approximate surface area is 195 Å². The van der Waals surface area contributed by atoms with Crippen LogP contribution in [0.25, 0.3) is 16.7 Å². The van der Waals surface area contributed by atoms with E-state index in [0.29, 0.717) is 16.8 Å². The predicted octanol–water partition coefficient (Wildman–Crippen LogP) is 4.40. The van der Waals surface area contributed by atoms with Crippen molar-refractivity contribution in [2.24, 2.45) is 0 Å². The zero-order valence-electron chi connectivity index (χ0n) is 19.1. The third kappa shape index (κ3) is 3.90. The van der Waals surface area contributed by atoms with Gasteiger partial charge in [0.15, 0.2) is 0 Å². The van der Waals surface area contributed by atoms with Gasteiger partial charge in [-0.3, -0.25) is 4.79 Å². The molecule has 0 aliphatic heterocycles. The number of carbonyl (C=O) groups is 1. The minimum absolute atomic E-state index is 0.186. The maximum absolute atomic E-state index is 13.3. The lowest BCUT2D eigenvalue weighted by Gasteiger charge is -2.12. The van der Waals surface area contributed by atoms with E-state index in [4.69, 9.17) is 4.74 Å². The number of hydrogen-bond acceptors (Lipinski definition) is 5. The van der Waals surface area contributed by atoms with Crippen molar-refractivity contribution in [3.8, 4) is 11.6 Å². The molecule has 2 heterocycles. The van der Waals surface area contributed by atoms with Crippen LogP contribution in [0.3, 0.4) is 0 Å². The van der Waals surface area contributed by atoms with Gasteiger partial charge in [-0.05, 0) is 56.2 Å². The van der Waals surface area contributed by atoms with E-state index in [2.05, 4.69) is 15.4 Å². The van der Waals surface area contributed by atoms with E-state index in [9.17, 15) is 9.59 Å². The van der Waals surface area contributed by atoms with Gasteiger partial charge in [0.05, 0.1) is 11.0 Å². The number of rotatable bonds is 5. The summed E-state index contributed by atoms with van der Waals surface area (Å²) in [5.74, 6) is 0.409. The van der Waals surface area contributed by atoms with Gasteiger partial charge in [0.25, 0.3) is 5.88 Å². The summed E-state index contributed by atoms with van der Waals surface area (Å²) in [5.41, 5.74) is 4.74. The Morgan fingerprint density at radius 1 is 0.971 bits per heavy atom. The molecule has 1 amide bonds. The molecule has 0 atom stereocenters. The van der Waals surface area contributed by atoms with Crippen LogP contribution in [-0.4, -0.2) is 25.1 Å². The van der Waals surface area contributed by atoms with Gasteiger partial charge in [-0.2, -0.15) is 0 Å². The number of nitrogens with zero attached hydrogens (tertiary/aromatic N) is 4. The second-order valence-electron chi connectivity index (χ2n) is 8.24. The minimum atomic E-state index is -0.445. The Kier molecular flexibility index (Phi) is 5.33. The van der Waals surface area contributed by atoms with Crippen LogP contribution in [0.15, 0.2) is 71.5 Å². The molecule has 0 saturated heterocycles. The molecule has 8 heteroatoms. The monoisotopic (exact) mass is 453 g/mol. The number of nitrogens with one attached hydrogen (secondary N) is 1. The van der Waals surface area contributed by atoms with Crippen LogP contribution in [0.2, 0.25) is 0 Å². The van der Waals surface area contributed by atoms with Gasteiger partial charge in [0.2, 0.25) is 11.6 Å². The van der Waals surface area contributed by atoms with Crippen LogP contribution in [0, 0.1) is 20.8 Å². The summed E-state index contributed by atoms with van der Waals surface area (Å²) in [4.78, 5) is 30.8. The molecule has 5 rings (SSSR count). The molecule has 0 unspecified atom stereocenters. The molecule has 5 aromatic rings. The number of anilines is 1. The zero-order valence-corrected chi connectivity index (χ0v) is 19.1. The molecule has 0 aliphatic rings. The number of fused-ring (bicyclic) bond motifs is 3. The van der Waals surface area contributed by atoms with E-state index < -0.39 is 5.69 Å². The first-order valence-corrected chi connectivity index (χ1v) is 10.9. The summed E-state index contributed by atoms with van der Waals surface area (Å²) in [6.07, 6.45) is 0. The first kappa shape index (κ1) is 21.4. The molecule has 2 aromatic heterocycles. The van der Waals surface area contributed by atoms with Crippen molar-refractivity contribution in [2.75, 3.05) is 5.32 Å². The van der Waals surface area contributed by atoms with Crippen molar-refractivity contribution in [3.05, 3.63) is 93.9 Å². The molecule has 0 bridgehead atoms. The highest BCUT2D eigenvalue weighted by Gasteiger charge is 2.19. The van der Waals surface area contributed by atoms with Crippen molar-refractivity contribution >= 4 is 28.3 Å². The maximum atomic E-state index is 13.3. The number of hydrogen-bond donors (Lipinski definition) is 1. The lowest BCUT2D eigenvalue weighted by atomic mass is 10.1. The molecule has 0 saturated carbocycles. The molecule has 0 fully saturated rings. The van der Waals surface area contributed by atoms with Gasteiger partial charge in [-0.25, -0.2) is 18.9 Å². The molecular weight excluding hydrogens is 430 g/mol. The number of aromatic nitrogens is 4. The van der Waals surface area contributed by atoms with E-state index >= 15 is 0 Å². The van der Waals surface area contributed by atoms with Gasteiger partial charge < -0.3 is 10.1 Å². The second-order valence-corrected chi connectivity index (χ2v) is 8.24. The zero-order chi connectivity index (χ0) is 23.8. The summed E-state index contributed by atoms with van der Waals surface area (Å²) in [7, 11) is 0. The fourth-order valence-electron chi connectivity index (χ4n) is 4.13. The van der Waals surface area contributed by atoms with Crippen LogP contribution >= 0.6 is 0 Å². The highest BCUT2D eigenvalue weighted by atomic mass is 16.5. The van der Waals surface area contributed by atoms with Crippen molar-refractivity contribution in [3.63, 3.8) is 0 Å². The van der Waals surface area contributed by atoms with Crippen molar-refractivity contribution in [1.29, 1.82) is 0 Å². The summed E-state index contributed by atoms with van der Waals surface area (Å²) in [6, 6.07) is 20.4. The number of benzene rings is 3. The first-order chi connectivity index (χ1) is 16.4. The third-order valence-corrected chi connectivity index (χ3v) is 5.57. The fraction of sp³-hybridized carbons (Fsp3) is 0.154. The van der Waals surface area contributed by atoms with Gasteiger partial charge >= 0.3 is 5.69 Å². The van der Waals surface area contributed by atoms with Crippen molar-refractivity contribution in [1.82, 2.24) is 19.2 Å². The van der Waals surface area contributed by atoms with Crippen molar-refractivity contribution < 1.29 is 9.53 Å². The summed E-state index contributed by atoms with van der Waals surface area (Å²) >= 11 is 0. The summed E-state index contributed by atoms with van der Waals surface area (Å²) < 4.78 is 8.53. The number of amides is 1. The van der Waals surface area contributed by atoms with Crippen LogP contribution in [-0.2, 0) is 11.3 Å². The normalized spacial score (nSPS) is 11.1. The maximum Gasteiger partial charge on any atom is 0.351 e. The van der Waals surface area contributed by atoms with E-state index in [-0.39, 0.29) is 24.0 Å². The predicted molar refractivity (Wildman–Crippen MR) is 131 cm³/mol. The van der Waals surface area contributed by atoms with Gasteiger partial charge in [0, 0.05) is 5.69 Å². The lowest BCUT2D eigenvalue weighted by Crippen LogP contribution is -2.28. The molecule has 0 aliphatic carbocycles. The average Bonchev–Trinajstić information content (AvgIpc) is 3.13. The summed E-state index contributed by atoms with van der Waals surface area (Å²) in [6.45, 7) is 5.65. The standard InChI is InChI=1S/C26H23N5O3/c1-16-13-17(2)23(18(3)14-16)28-22(32)15-30-26(33)31-21-12-8-7-11-20(21)27-25(24(31)29-30)34-19-9-5-4-6-10-19/h4-14H,15H2,1-3H3,(H,28,32). The number of para-hydroxylation sites is 3. The molecule has 1 N–H and O–H groups in total. The van der Waals surface area contributed by atoms with E-state index in [0.717, 1.165) is 27.1 Å². The van der Waals surface area contributed by atoms with E-state index in [1.165, 1.54) is 4.40 Å².